The van der Waals surface area contributed by atoms with Crippen molar-refractivity contribution in [1.82, 2.24) is 5.32 Å². The number of aliphatic imine (C=N–C) groups is 1. The van der Waals surface area contributed by atoms with E-state index in [1.807, 2.05) is 42.5 Å². The molecule has 1 amide bonds. The van der Waals surface area contributed by atoms with Crippen LogP contribution in [0.25, 0.3) is 6.08 Å². The molecule has 1 N–H and O–H groups in total. The third-order valence-electron chi connectivity index (χ3n) is 4.24. The molecule has 0 aliphatic carbocycles. The number of nitrogens with zero attached hydrogens (tertiary/aromatic N) is 1. The van der Waals surface area contributed by atoms with Gasteiger partial charge in [0, 0.05) is 0 Å². The maximum Gasteiger partial charge on any atom is 0.275 e. The number of para-hydroxylation sites is 1. The Bertz CT molecular complexity index is 898. The molecule has 0 spiro atoms. The average Bonchev–Trinajstić information content (AvgIpc) is 3.01. The zero-order chi connectivity index (χ0) is 18.7. The standard InChI is InChI=1S/C21H22N2O3/c1-13(2)16-11-14(9-10-19(16)26-4)12-17-21(24)23-20(22-17)15-7-5-6-8-18(15)25-3/h5-13H,1-4H3,(H,22,23,24)/b17-12+. The number of benzene rings is 2. The van der Waals surface area contributed by atoms with Gasteiger partial charge in [-0.2, -0.15) is 0 Å². The first-order valence-electron chi connectivity index (χ1n) is 8.46. The summed E-state index contributed by atoms with van der Waals surface area (Å²) < 4.78 is 10.8. The monoisotopic (exact) mass is 350 g/mol. The van der Waals surface area contributed by atoms with Gasteiger partial charge in [-0.05, 0) is 47.4 Å². The van der Waals surface area contributed by atoms with E-state index in [-0.39, 0.29) is 5.91 Å². The maximum absolute atomic E-state index is 12.3. The Labute approximate surface area is 153 Å². The third kappa shape index (κ3) is 3.47. The second kappa shape index (κ2) is 7.44. The molecule has 0 unspecified atom stereocenters. The van der Waals surface area contributed by atoms with Crippen LogP contribution < -0.4 is 14.8 Å². The molecule has 0 saturated carbocycles. The first-order valence-corrected chi connectivity index (χ1v) is 8.46. The molecule has 0 saturated heterocycles. The minimum Gasteiger partial charge on any atom is -0.496 e. The SMILES string of the molecule is COc1ccccc1C1=N/C(=C/c2ccc(OC)c(C(C)C)c2)C(=O)N1. The van der Waals surface area contributed by atoms with Crippen molar-refractivity contribution in [2.24, 2.45) is 4.99 Å². The molecule has 0 radical (unpaired) electrons. The predicted octanol–water partition coefficient (Wildman–Crippen LogP) is 3.74. The van der Waals surface area contributed by atoms with E-state index in [1.54, 1.807) is 20.3 Å². The number of hydrogen-bond acceptors (Lipinski definition) is 4. The molecule has 0 atom stereocenters. The minimum absolute atomic E-state index is 0.229. The summed E-state index contributed by atoms with van der Waals surface area (Å²) in [7, 11) is 3.26. The van der Waals surface area contributed by atoms with Gasteiger partial charge in [0.15, 0.2) is 0 Å². The van der Waals surface area contributed by atoms with Crippen molar-refractivity contribution in [2.75, 3.05) is 14.2 Å². The fourth-order valence-electron chi connectivity index (χ4n) is 2.89. The summed E-state index contributed by atoms with van der Waals surface area (Å²) in [6.07, 6.45) is 1.78. The van der Waals surface area contributed by atoms with E-state index in [1.165, 1.54) is 0 Å². The van der Waals surface area contributed by atoms with Crippen molar-refractivity contribution in [3.8, 4) is 11.5 Å². The molecule has 1 heterocycles. The highest BCUT2D eigenvalue weighted by atomic mass is 16.5. The number of ether oxygens (including phenoxy) is 2. The van der Waals surface area contributed by atoms with Crippen molar-refractivity contribution in [3.63, 3.8) is 0 Å². The molecule has 0 fully saturated rings. The van der Waals surface area contributed by atoms with Gasteiger partial charge < -0.3 is 14.8 Å². The highest BCUT2D eigenvalue weighted by Crippen LogP contribution is 2.29. The largest absolute Gasteiger partial charge is 0.496 e. The number of nitrogens with one attached hydrogen (secondary N) is 1. The Morgan fingerprint density at radius 2 is 1.77 bits per heavy atom. The molecule has 0 aromatic heterocycles. The van der Waals surface area contributed by atoms with Crippen molar-refractivity contribution in [1.29, 1.82) is 0 Å². The first kappa shape index (κ1) is 17.7. The second-order valence-electron chi connectivity index (χ2n) is 6.30. The van der Waals surface area contributed by atoms with Crippen LogP contribution in [0.5, 0.6) is 11.5 Å². The van der Waals surface area contributed by atoms with Gasteiger partial charge in [0.1, 0.15) is 23.0 Å². The lowest BCUT2D eigenvalue weighted by Crippen LogP contribution is -2.25. The van der Waals surface area contributed by atoms with Crippen LogP contribution in [0.15, 0.2) is 53.2 Å². The predicted molar refractivity (Wildman–Crippen MR) is 103 cm³/mol. The Kier molecular flexibility index (Phi) is 5.07. The average molecular weight is 350 g/mol. The lowest BCUT2D eigenvalue weighted by Gasteiger charge is -2.12. The highest BCUT2D eigenvalue weighted by molar-refractivity contribution is 6.20. The van der Waals surface area contributed by atoms with Crippen molar-refractivity contribution < 1.29 is 14.3 Å². The molecule has 5 nitrogen and oxygen atoms in total. The molecule has 1 aliphatic heterocycles. The number of carbonyl (C=O) groups is 1. The quantitative estimate of drug-likeness (QED) is 0.836. The second-order valence-corrected chi connectivity index (χ2v) is 6.30. The van der Waals surface area contributed by atoms with Crippen LogP contribution in [0.3, 0.4) is 0 Å². The van der Waals surface area contributed by atoms with E-state index in [9.17, 15) is 4.79 Å². The Morgan fingerprint density at radius 1 is 1.04 bits per heavy atom. The molecule has 5 heteroatoms. The van der Waals surface area contributed by atoms with Crippen LogP contribution in [0.1, 0.15) is 36.5 Å². The van der Waals surface area contributed by atoms with Gasteiger partial charge in [0.05, 0.1) is 19.8 Å². The lowest BCUT2D eigenvalue weighted by atomic mass is 9.99. The summed E-state index contributed by atoms with van der Waals surface area (Å²) in [6.45, 7) is 4.21. The van der Waals surface area contributed by atoms with Gasteiger partial charge >= 0.3 is 0 Å². The number of methoxy groups -OCH3 is 2. The highest BCUT2D eigenvalue weighted by Gasteiger charge is 2.23. The van der Waals surface area contributed by atoms with Crippen LogP contribution in [0.4, 0.5) is 0 Å². The van der Waals surface area contributed by atoms with Crippen molar-refractivity contribution in [3.05, 3.63) is 64.9 Å². The molecule has 3 rings (SSSR count). The van der Waals surface area contributed by atoms with Gasteiger partial charge in [-0.3, -0.25) is 4.79 Å². The molecule has 0 bridgehead atoms. The van der Waals surface area contributed by atoms with E-state index in [0.717, 1.165) is 22.4 Å². The van der Waals surface area contributed by atoms with Crippen LogP contribution in [0.2, 0.25) is 0 Å². The molecule has 2 aromatic rings. The summed E-state index contributed by atoms with van der Waals surface area (Å²) in [5.74, 6) is 2.09. The number of rotatable bonds is 5. The Balaban J connectivity index is 1.98. The van der Waals surface area contributed by atoms with Gasteiger partial charge in [-0.25, -0.2) is 4.99 Å². The number of carbonyl (C=O) groups excluding carboxylic acids is 1. The Morgan fingerprint density at radius 3 is 2.46 bits per heavy atom. The summed E-state index contributed by atoms with van der Waals surface area (Å²) in [6, 6.07) is 13.3. The van der Waals surface area contributed by atoms with E-state index in [0.29, 0.717) is 23.2 Å². The topological polar surface area (TPSA) is 59.9 Å². The lowest BCUT2D eigenvalue weighted by molar-refractivity contribution is -0.115. The van der Waals surface area contributed by atoms with Gasteiger partial charge in [-0.15, -0.1) is 0 Å². The molecule has 134 valence electrons. The van der Waals surface area contributed by atoms with Crippen LogP contribution in [-0.4, -0.2) is 26.0 Å². The number of amidine groups is 1. The van der Waals surface area contributed by atoms with Crippen LogP contribution in [0, 0.1) is 0 Å². The van der Waals surface area contributed by atoms with Crippen LogP contribution in [-0.2, 0) is 4.79 Å². The summed E-state index contributed by atoms with van der Waals surface area (Å²) in [5, 5.41) is 2.81. The van der Waals surface area contributed by atoms with E-state index in [4.69, 9.17) is 9.47 Å². The fourth-order valence-corrected chi connectivity index (χ4v) is 2.89. The van der Waals surface area contributed by atoms with E-state index in [2.05, 4.69) is 24.2 Å². The van der Waals surface area contributed by atoms with E-state index < -0.39 is 0 Å². The third-order valence-corrected chi connectivity index (χ3v) is 4.24. The summed E-state index contributed by atoms with van der Waals surface area (Å²) in [4.78, 5) is 16.8. The maximum atomic E-state index is 12.3. The number of amides is 1. The smallest absolute Gasteiger partial charge is 0.275 e. The normalized spacial score (nSPS) is 15.2. The molecular weight excluding hydrogens is 328 g/mol. The zero-order valence-electron chi connectivity index (χ0n) is 15.4. The Hall–Kier alpha value is -3.08. The fraction of sp³-hybridized carbons (Fsp3) is 0.238. The summed E-state index contributed by atoms with van der Waals surface area (Å²) >= 11 is 0. The minimum atomic E-state index is -0.229. The van der Waals surface area contributed by atoms with Gasteiger partial charge in [0.2, 0.25) is 0 Å². The van der Waals surface area contributed by atoms with Gasteiger partial charge in [-0.1, -0.05) is 32.0 Å². The van der Waals surface area contributed by atoms with Crippen LogP contribution >= 0.6 is 0 Å². The van der Waals surface area contributed by atoms with E-state index >= 15 is 0 Å². The first-order chi connectivity index (χ1) is 12.5. The molecule has 2 aromatic carbocycles. The molecule has 1 aliphatic rings. The van der Waals surface area contributed by atoms with Gasteiger partial charge in [0.25, 0.3) is 5.91 Å². The number of hydrogen-bond donors (Lipinski definition) is 1. The molecule has 26 heavy (non-hydrogen) atoms. The summed E-state index contributed by atoms with van der Waals surface area (Å²) in [5.41, 5.74) is 3.12. The molecular formula is C21H22N2O3. The zero-order valence-corrected chi connectivity index (χ0v) is 15.4. The van der Waals surface area contributed by atoms with Crippen molar-refractivity contribution in [2.45, 2.75) is 19.8 Å². The van der Waals surface area contributed by atoms with Crippen molar-refractivity contribution >= 4 is 17.8 Å².